The van der Waals surface area contributed by atoms with Gasteiger partial charge in [0.2, 0.25) is 5.91 Å². The number of aryl methyl sites for hydroxylation is 1. The number of hydrogen-bond acceptors (Lipinski definition) is 4. The molecule has 156 valence electrons. The van der Waals surface area contributed by atoms with Gasteiger partial charge in [-0.15, -0.1) is 0 Å². The quantitative estimate of drug-likeness (QED) is 0.744. The van der Waals surface area contributed by atoms with Gasteiger partial charge in [0, 0.05) is 56.9 Å². The smallest absolute Gasteiger partial charge is 0.223 e. The molecule has 0 radical (unpaired) electrons. The third-order valence-corrected chi connectivity index (χ3v) is 7.34. The van der Waals surface area contributed by atoms with Gasteiger partial charge in [0.25, 0.3) is 0 Å². The zero-order valence-corrected chi connectivity index (χ0v) is 17.7. The molecule has 2 saturated carbocycles. The Morgan fingerprint density at radius 3 is 2.75 bits per heavy atom. The Hall–Kier alpha value is -1.40. The lowest BCUT2D eigenvalue weighted by Gasteiger charge is -2.32. The molecular weight excluding hydrogens is 352 g/mol. The normalized spacial score (nSPS) is 31.0. The Balaban J connectivity index is 1.44. The van der Waals surface area contributed by atoms with Crippen molar-refractivity contribution < 1.29 is 9.53 Å². The molecule has 3 aliphatic rings. The average Bonchev–Trinajstić information content (AvgIpc) is 3.44. The van der Waals surface area contributed by atoms with E-state index in [1.54, 1.807) is 7.11 Å². The van der Waals surface area contributed by atoms with E-state index in [-0.39, 0.29) is 11.9 Å². The number of carbonyl (C=O) groups excluding carboxylic acids is 1. The van der Waals surface area contributed by atoms with Crippen LogP contribution in [0.3, 0.4) is 0 Å². The van der Waals surface area contributed by atoms with Crippen molar-refractivity contribution in [1.82, 2.24) is 20.0 Å². The van der Waals surface area contributed by atoms with Gasteiger partial charge in [-0.3, -0.25) is 9.48 Å². The zero-order chi connectivity index (χ0) is 19.7. The van der Waals surface area contributed by atoms with Gasteiger partial charge in [0.15, 0.2) is 0 Å². The Kier molecular flexibility index (Phi) is 6.07. The summed E-state index contributed by atoms with van der Waals surface area (Å²) in [7, 11) is 3.67. The molecule has 4 atom stereocenters. The first-order valence-electron chi connectivity index (χ1n) is 11.1. The highest BCUT2D eigenvalue weighted by molar-refractivity contribution is 5.79. The molecule has 1 N–H and O–H groups in total. The summed E-state index contributed by atoms with van der Waals surface area (Å²) in [6.07, 6.45) is 10.9. The second-order valence-corrected chi connectivity index (χ2v) is 9.17. The molecule has 1 aromatic heterocycles. The van der Waals surface area contributed by atoms with Crippen LogP contribution in [0.4, 0.5) is 0 Å². The van der Waals surface area contributed by atoms with E-state index in [9.17, 15) is 4.79 Å². The maximum absolute atomic E-state index is 12.8. The molecule has 3 fully saturated rings. The number of carbonyl (C=O) groups is 1. The third kappa shape index (κ3) is 4.13. The topological polar surface area (TPSA) is 59.4 Å². The Morgan fingerprint density at radius 1 is 1.25 bits per heavy atom. The first kappa shape index (κ1) is 19.9. The lowest BCUT2D eigenvalue weighted by atomic mass is 9.82. The Bertz CT molecular complexity index is 684. The van der Waals surface area contributed by atoms with E-state index in [1.165, 1.54) is 44.1 Å². The van der Waals surface area contributed by atoms with Gasteiger partial charge < -0.3 is 15.0 Å². The predicted octanol–water partition coefficient (Wildman–Crippen LogP) is 2.82. The van der Waals surface area contributed by atoms with E-state index >= 15 is 0 Å². The van der Waals surface area contributed by atoms with Crippen LogP contribution in [0.5, 0.6) is 0 Å². The summed E-state index contributed by atoms with van der Waals surface area (Å²) < 4.78 is 7.19. The lowest BCUT2D eigenvalue weighted by molar-refractivity contribution is -0.129. The van der Waals surface area contributed by atoms with Gasteiger partial charge in [0.05, 0.1) is 18.8 Å². The number of hydrogen-bond donors (Lipinski definition) is 1. The molecule has 1 aromatic rings. The van der Waals surface area contributed by atoms with Crippen LogP contribution in [-0.2, 0) is 16.6 Å². The van der Waals surface area contributed by atoms with Crippen LogP contribution in [0.1, 0.15) is 62.2 Å². The van der Waals surface area contributed by atoms with E-state index in [0.717, 1.165) is 24.1 Å². The lowest BCUT2D eigenvalue weighted by Crippen LogP contribution is -2.39. The summed E-state index contributed by atoms with van der Waals surface area (Å²) in [5, 5.41) is 8.31. The number of methoxy groups -OCH3 is 1. The number of aromatic nitrogens is 2. The van der Waals surface area contributed by atoms with Crippen molar-refractivity contribution in [2.24, 2.45) is 24.8 Å². The fraction of sp³-hybridized carbons (Fsp3) is 0.818. The van der Waals surface area contributed by atoms with Crippen molar-refractivity contribution in [1.29, 1.82) is 0 Å². The van der Waals surface area contributed by atoms with Crippen LogP contribution in [0.2, 0.25) is 0 Å². The Labute approximate surface area is 169 Å². The number of ether oxygens (including phenoxy) is 1. The summed E-state index contributed by atoms with van der Waals surface area (Å²) >= 11 is 0. The molecule has 0 spiro atoms. The van der Waals surface area contributed by atoms with Crippen LogP contribution in [0, 0.1) is 24.7 Å². The fourth-order valence-corrected chi connectivity index (χ4v) is 5.45. The molecule has 6 nitrogen and oxygen atoms in total. The van der Waals surface area contributed by atoms with Gasteiger partial charge in [0.1, 0.15) is 0 Å². The van der Waals surface area contributed by atoms with E-state index < -0.39 is 0 Å². The van der Waals surface area contributed by atoms with E-state index in [0.29, 0.717) is 31.5 Å². The second-order valence-electron chi connectivity index (χ2n) is 9.17. The third-order valence-electron chi connectivity index (χ3n) is 7.34. The van der Waals surface area contributed by atoms with Gasteiger partial charge in [-0.2, -0.15) is 5.10 Å². The molecule has 2 heterocycles. The monoisotopic (exact) mass is 388 g/mol. The second kappa shape index (κ2) is 8.54. The maximum atomic E-state index is 12.8. The molecule has 1 saturated heterocycles. The maximum Gasteiger partial charge on any atom is 0.223 e. The summed E-state index contributed by atoms with van der Waals surface area (Å²) in [6.45, 7) is 4.24. The SMILES string of the molecule is COCCN1C(=O)C[C@@H](CN[C@@H]2CCC[C@H](C3CC3)C2)[C@@H]1c1cnn(C)c1C. The highest BCUT2D eigenvalue weighted by atomic mass is 16.5. The minimum atomic E-state index is 0.103. The molecule has 4 rings (SSSR count). The number of nitrogens with zero attached hydrogens (tertiary/aromatic N) is 3. The molecular formula is C22H36N4O2. The van der Waals surface area contributed by atoms with Gasteiger partial charge in [-0.25, -0.2) is 0 Å². The van der Waals surface area contributed by atoms with Crippen LogP contribution in [0.15, 0.2) is 6.20 Å². The molecule has 0 unspecified atom stereocenters. The van der Waals surface area contributed by atoms with Gasteiger partial charge in [-0.05, 0) is 44.4 Å². The molecule has 0 aromatic carbocycles. The fourth-order valence-electron chi connectivity index (χ4n) is 5.45. The van der Waals surface area contributed by atoms with Crippen molar-refractivity contribution in [3.8, 4) is 0 Å². The first-order valence-corrected chi connectivity index (χ1v) is 11.1. The van der Waals surface area contributed by atoms with Crippen LogP contribution in [-0.4, -0.2) is 53.4 Å². The summed E-state index contributed by atoms with van der Waals surface area (Å²) in [5.41, 5.74) is 2.34. The first-order chi connectivity index (χ1) is 13.6. The molecule has 1 amide bonds. The molecule has 2 aliphatic carbocycles. The van der Waals surface area contributed by atoms with Crippen LogP contribution in [0.25, 0.3) is 0 Å². The van der Waals surface area contributed by atoms with E-state index in [4.69, 9.17) is 4.74 Å². The van der Waals surface area contributed by atoms with Crippen molar-refractivity contribution in [3.63, 3.8) is 0 Å². The summed E-state index contributed by atoms with van der Waals surface area (Å²) in [5.74, 6) is 2.49. The van der Waals surface area contributed by atoms with Crippen molar-refractivity contribution in [3.05, 3.63) is 17.5 Å². The number of amides is 1. The highest BCUT2D eigenvalue weighted by Gasteiger charge is 2.42. The van der Waals surface area contributed by atoms with Crippen molar-refractivity contribution >= 4 is 5.91 Å². The average molecular weight is 389 g/mol. The number of likely N-dealkylation sites (tertiary alicyclic amines) is 1. The number of nitrogens with one attached hydrogen (secondary N) is 1. The van der Waals surface area contributed by atoms with E-state index in [2.05, 4.69) is 17.3 Å². The van der Waals surface area contributed by atoms with E-state index in [1.807, 2.05) is 22.8 Å². The molecule has 0 bridgehead atoms. The Morgan fingerprint density at radius 2 is 2.07 bits per heavy atom. The highest BCUT2D eigenvalue weighted by Crippen LogP contribution is 2.44. The van der Waals surface area contributed by atoms with Gasteiger partial charge >= 0.3 is 0 Å². The molecule has 1 aliphatic heterocycles. The van der Waals surface area contributed by atoms with Crippen LogP contribution >= 0.6 is 0 Å². The summed E-state index contributed by atoms with van der Waals surface area (Å²) in [6, 6.07) is 0.727. The minimum absolute atomic E-state index is 0.103. The number of rotatable bonds is 8. The minimum Gasteiger partial charge on any atom is -0.383 e. The van der Waals surface area contributed by atoms with Gasteiger partial charge in [-0.1, -0.05) is 12.8 Å². The van der Waals surface area contributed by atoms with Crippen LogP contribution < -0.4 is 5.32 Å². The standard InChI is InChI=1S/C22H36N4O2/c1-15-20(14-24-25(15)2)22-18(12-21(27)26(22)9-10-28-3)13-23-19-6-4-5-17(11-19)16-7-8-16/h14,16-19,22-23H,4-13H2,1-3H3/t17-,18-,19+,22+/m0/s1. The van der Waals surface area contributed by atoms with Crippen molar-refractivity contribution in [2.75, 3.05) is 26.8 Å². The molecule has 28 heavy (non-hydrogen) atoms. The predicted molar refractivity (Wildman–Crippen MR) is 109 cm³/mol. The molecule has 6 heteroatoms. The zero-order valence-electron chi connectivity index (χ0n) is 17.7. The van der Waals surface area contributed by atoms with Crippen molar-refractivity contribution in [2.45, 2.75) is 64.0 Å². The largest absolute Gasteiger partial charge is 0.383 e. The summed E-state index contributed by atoms with van der Waals surface area (Å²) in [4.78, 5) is 14.8.